The lowest BCUT2D eigenvalue weighted by molar-refractivity contribution is 0.0889. The molecule has 0 bridgehead atoms. The molecule has 3 rings (SSSR count). The quantitative estimate of drug-likeness (QED) is 0.773. The first-order chi connectivity index (χ1) is 11.2. The molecule has 132 valence electrons. The maximum absolute atomic E-state index is 11.9. The summed E-state index contributed by atoms with van der Waals surface area (Å²) in [5.74, 6) is 1.05. The van der Waals surface area contributed by atoms with E-state index in [2.05, 4.69) is 46.6 Å². The maximum Gasteiger partial charge on any atom is 0.407 e. The Bertz CT molecular complexity index is 646. The van der Waals surface area contributed by atoms with Gasteiger partial charge in [0.1, 0.15) is 4.60 Å². The molecular weight excluding hydrogens is 374 g/mol. The molecule has 0 aromatic carbocycles. The Morgan fingerprint density at radius 3 is 2.71 bits per heavy atom. The monoisotopic (exact) mass is 397 g/mol. The summed E-state index contributed by atoms with van der Waals surface area (Å²) in [5, 5.41) is 9.74. The molecule has 2 saturated heterocycles. The highest BCUT2D eigenvalue weighted by Gasteiger charge is 2.51. The Kier molecular flexibility index (Phi) is 4.40. The van der Waals surface area contributed by atoms with E-state index in [1.807, 2.05) is 6.07 Å². The molecule has 1 aromatic rings. The number of hydrogen-bond acceptors (Lipinski definition) is 4. The lowest BCUT2D eigenvalue weighted by atomic mass is 9.84. The van der Waals surface area contributed by atoms with Crippen molar-refractivity contribution in [3.63, 3.8) is 0 Å². The maximum atomic E-state index is 11.9. The summed E-state index contributed by atoms with van der Waals surface area (Å²) in [7, 11) is 1.62. The van der Waals surface area contributed by atoms with Crippen LogP contribution in [0.3, 0.4) is 0 Å². The van der Waals surface area contributed by atoms with Crippen LogP contribution in [0.25, 0.3) is 0 Å². The minimum absolute atomic E-state index is 0.0429. The van der Waals surface area contributed by atoms with Crippen LogP contribution in [0.2, 0.25) is 0 Å². The van der Waals surface area contributed by atoms with Crippen LogP contribution in [0.1, 0.15) is 27.2 Å². The Morgan fingerprint density at radius 1 is 1.42 bits per heavy atom. The normalized spacial score (nSPS) is 26.6. The molecule has 1 unspecified atom stereocenters. The summed E-state index contributed by atoms with van der Waals surface area (Å²) in [5.41, 5.74) is 0.928. The number of hydrogen-bond donors (Lipinski definition) is 1. The second-order valence-corrected chi connectivity index (χ2v) is 8.48. The van der Waals surface area contributed by atoms with Gasteiger partial charge in [-0.1, -0.05) is 20.8 Å². The van der Waals surface area contributed by atoms with E-state index in [-0.39, 0.29) is 17.5 Å². The predicted molar refractivity (Wildman–Crippen MR) is 95.7 cm³/mol. The minimum atomic E-state index is -0.809. The van der Waals surface area contributed by atoms with Crippen molar-refractivity contribution in [3.8, 4) is 5.75 Å². The molecule has 7 heteroatoms. The number of nitrogens with zero attached hydrogens (tertiary/aromatic N) is 3. The van der Waals surface area contributed by atoms with Crippen molar-refractivity contribution in [1.29, 1.82) is 0 Å². The number of anilines is 1. The van der Waals surface area contributed by atoms with Crippen LogP contribution < -0.4 is 9.64 Å². The Morgan fingerprint density at radius 2 is 2.12 bits per heavy atom. The van der Waals surface area contributed by atoms with Gasteiger partial charge in [-0.2, -0.15) is 0 Å². The van der Waals surface area contributed by atoms with Crippen molar-refractivity contribution in [3.05, 3.63) is 16.9 Å². The van der Waals surface area contributed by atoms with Crippen LogP contribution in [0.15, 0.2) is 16.9 Å². The van der Waals surface area contributed by atoms with Gasteiger partial charge >= 0.3 is 6.09 Å². The number of aromatic nitrogens is 1. The summed E-state index contributed by atoms with van der Waals surface area (Å²) in [6, 6.07) is 2.07. The molecule has 0 saturated carbocycles. The van der Waals surface area contributed by atoms with E-state index in [0.717, 1.165) is 18.7 Å². The van der Waals surface area contributed by atoms with Crippen molar-refractivity contribution in [1.82, 2.24) is 9.88 Å². The van der Waals surface area contributed by atoms with Crippen LogP contribution in [0.4, 0.5) is 10.5 Å². The van der Waals surface area contributed by atoms with Gasteiger partial charge in [0, 0.05) is 31.1 Å². The van der Waals surface area contributed by atoms with E-state index < -0.39 is 6.09 Å². The number of ether oxygens (including phenoxy) is 1. The molecule has 24 heavy (non-hydrogen) atoms. The van der Waals surface area contributed by atoms with Crippen molar-refractivity contribution in [2.24, 2.45) is 11.3 Å². The molecule has 0 aliphatic carbocycles. The highest BCUT2D eigenvalue weighted by molar-refractivity contribution is 9.10. The third kappa shape index (κ3) is 2.94. The number of fused-ring (bicyclic) bond motifs is 1. The first-order valence-electron chi connectivity index (χ1n) is 8.18. The number of halogens is 1. The van der Waals surface area contributed by atoms with E-state index in [4.69, 9.17) is 4.74 Å². The fourth-order valence-electron chi connectivity index (χ4n) is 4.02. The fourth-order valence-corrected chi connectivity index (χ4v) is 4.40. The molecule has 1 aromatic heterocycles. The van der Waals surface area contributed by atoms with Gasteiger partial charge < -0.3 is 14.7 Å². The van der Waals surface area contributed by atoms with E-state index in [9.17, 15) is 9.90 Å². The molecule has 3 atom stereocenters. The van der Waals surface area contributed by atoms with Crippen LogP contribution in [0, 0.1) is 11.3 Å². The Labute approximate surface area is 150 Å². The molecule has 1 amide bonds. The number of amides is 1. The Balaban J connectivity index is 1.82. The standard InChI is InChI=1S/C17H24BrN3O3/c1-17(2,3)14-5-10-8-20(9-12(10)21(14)16(22)23)11-6-13(24-4)15(18)19-7-11/h6-7,10,12,14H,5,8-9H2,1-4H3,(H,22,23)/t10-,12+,14?/m1/s1. The predicted octanol–water partition coefficient (Wildman–Crippen LogP) is 3.46. The average Bonchev–Trinajstić information content (AvgIpc) is 3.04. The van der Waals surface area contributed by atoms with Crippen molar-refractivity contribution >= 4 is 27.7 Å². The molecule has 2 fully saturated rings. The van der Waals surface area contributed by atoms with E-state index in [1.165, 1.54) is 0 Å². The molecule has 0 spiro atoms. The van der Waals surface area contributed by atoms with Gasteiger partial charge in [0.05, 0.1) is 25.0 Å². The third-order valence-electron chi connectivity index (χ3n) is 5.22. The number of carboxylic acid groups (broad SMARTS) is 1. The summed E-state index contributed by atoms with van der Waals surface area (Å²) in [6.45, 7) is 7.92. The van der Waals surface area contributed by atoms with Gasteiger partial charge in [0.25, 0.3) is 0 Å². The van der Waals surface area contributed by atoms with Crippen molar-refractivity contribution in [2.45, 2.75) is 39.3 Å². The second-order valence-electron chi connectivity index (χ2n) is 7.73. The van der Waals surface area contributed by atoms with Crippen LogP contribution >= 0.6 is 15.9 Å². The number of pyridine rings is 1. The minimum Gasteiger partial charge on any atom is -0.494 e. The van der Waals surface area contributed by atoms with Gasteiger partial charge in [-0.25, -0.2) is 9.78 Å². The number of rotatable bonds is 2. The van der Waals surface area contributed by atoms with Crippen LogP contribution in [-0.2, 0) is 0 Å². The molecule has 6 nitrogen and oxygen atoms in total. The highest BCUT2D eigenvalue weighted by Crippen LogP contribution is 2.44. The van der Waals surface area contributed by atoms with Gasteiger partial charge in [-0.3, -0.25) is 4.90 Å². The van der Waals surface area contributed by atoms with Gasteiger partial charge in [-0.15, -0.1) is 0 Å². The summed E-state index contributed by atoms with van der Waals surface area (Å²) >= 11 is 3.37. The van der Waals surface area contributed by atoms with Gasteiger partial charge in [-0.05, 0) is 27.8 Å². The fraction of sp³-hybridized carbons (Fsp3) is 0.647. The lowest BCUT2D eigenvalue weighted by Gasteiger charge is -2.36. The van der Waals surface area contributed by atoms with Crippen molar-refractivity contribution in [2.75, 3.05) is 25.1 Å². The molecule has 2 aliphatic rings. The average molecular weight is 398 g/mol. The van der Waals surface area contributed by atoms with Crippen LogP contribution in [-0.4, -0.2) is 53.4 Å². The number of methoxy groups -OCH3 is 1. The number of likely N-dealkylation sites (tertiary alicyclic amines) is 1. The SMILES string of the molecule is COc1cc(N2C[C@H]3CC(C(C)(C)C)N(C(=O)O)[C@H]3C2)cnc1Br. The topological polar surface area (TPSA) is 65.9 Å². The largest absolute Gasteiger partial charge is 0.494 e. The highest BCUT2D eigenvalue weighted by atomic mass is 79.9. The van der Waals surface area contributed by atoms with E-state index in [0.29, 0.717) is 22.8 Å². The van der Waals surface area contributed by atoms with Crippen LogP contribution in [0.5, 0.6) is 5.75 Å². The first kappa shape index (κ1) is 17.3. The summed E-state index contributed by atoms with van der Waals surface area (Å²) < 4.78 is 5.99. The van der Waals surface area contributed by atoms with E-state index >= 15 is 0 Å². The van der Waals surface area contributed by atoms with Gasteiger partial charge in [0.15, 0.2) is 5.75 Å². The first-order valence-corrected chi connectivity index (χ1v) is 8.97. The zero-order valence-electron chi connectivity index (χ0n) is 14.5. The summed E-state index contributed by atoms with van der Waals surface area (Å²) in [6.07, 6.45) is 1.91. The smallest absolute Gasteiger partial charge is 0.407 e. The molecule has 3 heterocycles. The molecule has 2 aliphatic heterocycles. The molecular formula is C17H24BrN3O3. The molecule has 0 radical (unpaired) electrons. The second kappa shape index (κ2) is 6.10. The van der Waals surface area contributed by atoms with E-state index in [1.54, 1.807) is 18.2 Å². The zero-order valence-corrected chi connectivity index (χ0v) is 16.1. The number of carbonyl (C=O) groups is 1. The zero-order chi connectivity index (χ0) is 17.6. The Hall–Kier alpha value is -1.50. The summed E-state index contributed by atoms with van der Waals surface area (Å²) in [4.78, 5) is 20.1. The molecule has 1 N–H and O–H groups in total. The third-order valence-corrected chi connectivity index (χ3v) is 5.82. The lowest BCUT2D eigenvalue weighted by Crippen LogP contribution is -2.48. The van der Waals surface area contributed by atoms with Crippen molar-refractivity contribution < 1.29 is 14.6 Å². The van der Waals surface area contributed by atoms with Gasteiger partial charge in [0.2, 0.25) is 0 Å².